The third-order valence-corrected chi connectivity index (χ3v) is 5.47. The molecule has 1 aliphatic carbocycles. The highest BCUT2D eigenvalue weighted by atomic mass is 32.2. The van der Waals surface area contributed by atoms with Crippen molar-refractivity contribution < 1.29 is 5.11 Å². The topological polar surface area (TPSA) is 32.3 Å². The first-order valence-corrected chi connectivity index (χ1v) is 7.93. The van der Waals surface area contributed by atoms with E-state index in [1.807, 2.05) is 11.8 Å². The summed E-state index contributed by atoms with van der Waals surface area (Å²) in [4.78, 5) is 1.45. The minimum atomic E-state index is -0.0669. The highest BCUT2D eigenvalue weighted by molar-refractivity contribution is 7.99. The first-order valence-electron chi connectivity index (χ1n) is 6.95. The zero-order valence-electron chi connectivity index (χ0n) is 10.6. The van der Waals surface area contributed by atoms with Gasteiger partial charge in [0.2, 0.25) is 0 Å². The molecule has 0 spiro atoms. The van der Waals surface area contributed by atoms with Crippen molar-refractivity contribution in [2.24, 2.45) is 5.92 Å². The van der Waals surface area contributed by atoms with Crippen LogP contribution in [0.5, 0.6) is 0 Å². The van der Waals surface area contributed by atoms with E-state index in [4.69, 9.17) is 0 Å². The third-order valence-electron chi connectivity index (χ3n) is 4.22. The molecule has 1 fully saturated rings. The minimum absolute atomic E-state index is 0.0669. The third kappa shape index (κ3) is 2.58. The Labute approximate surface area is 113 Å². The van der Waals surface area contributed by atoms with Crippen molar-refractivity contribution in [1.82, 2.24) is 5.32 Å². The molecular weight excluding hydrogens is 242 g/mol. The van der Waals surface area contributed by atoms with Gasteiger partial charge >= 0.3 is 0 Å². The predicted octanol–water partition coefficient (Wildman–Crippen LogP) is 2.63. The first kappa shape index (κ1) is 12.5. The van der Waals surface area contributed by atoms with Crippen molar-refractivity contribution >= 4 is 11.8 Å². The molecule has 0 aromatic heterocycles. The maximum Gasteiger partial charge on any atom is 0.0580 e. The van der Waals surface area contributed by atoms with Gasteiger partial charge in [-0.1, -0.05) is 24.6 Å². The van der Waals surface area contributed by atoms with Gasteiger partial charge in [-0.3, -0.25) is 0 Å². The van der Waals surface area contributed by atoms with E-state index >= 15 is 0 Å². The van der Waals surface area contributed by atoms with E-state index < -0.39 is 0 Å². The normalized spacial score (nSPS) is 30.6. The van der Waals surface area contributed by atoms with Crippen molar-refractivity contribution in [3.8, 4) is 0 Å². The molecule has 98 valence electrons. The molecule has 1 aromatic carbocycles. The van der Waals surface area contributed by atoms with Crippen LogP contribution >= 0.6 is 11.8 Å². The summed E-state index contributed by atoms with van der Waals surface area (Å²) in [5.74, 6) is 2.32. The summed E-state index contributed by atoms with van der Waals surface area (Å²) in [6, 6.07) is 8.74. The second kappa shape index (κ2) is 5.64. The number of benzene rings is 1. The molecule has 1 saturated carbocycles. The Morgan fingerprint density at radius 1 is 1.22 bits per heavy atom. The highest BCUT2D eigenvalue weighted by Gasteiger charge is 2.26. The lowest BCUT2D eigenvalue weighted by molar-refractivity contribution is 0.131. The van der Waals surface area contributed by atoms with Crippen LogP contribution < -0.4 is 5.32 Å². The molecule has 2 aliphatic rings. The molecule has 0 saturated heterocycles. The Morgan fingerprint density at radius 2 is 2.11 bits per heavy atom. The molecule has 1 aliphatic heterocycles. The summed E-state index contributed by atoms with van der Waals surface area (Å²) < 4.78 is 0. The van der Waals surface area contributed by atoms with Gasteiger partial charge in [-0.05, 0) is 30.4 Å². The maximum absolute atomic E-state index is 9.79. The Balaban J connectivity index is 1.50. The average Bonchev–Trinajstić information content (AvgIpc) is 2.97. The number of fused-ring (bicyclic) bond motifs is 1. The molecule has 3 rings (SSSR count). The Kier molecular flexibility index (Phi) is 3.92. The van der Waals surface area contributed by atoms with Crippen LogP contribution in [-0.4, -0.2) is 30.1 Å². The summed E-state index contributed by atoms with van der Waals surface area (Å²) in [5.41, 5.74) is 1.50. The van der Waals surface area contributed by atoms with Crippen LogP contribution in [0.3, 0.4) is 0 Å². The summed E-state index contributed by atoms with van der Waals surface area (Å²) in [6.45, 7) is 2.03. The Morgan fingerprint density at radius 3 is 2.94 bits per heavy atom. The summed E-state index contributed by atoms with van der Waals surface area (Å²) in [7, 11) is 0. The molecule has 2 N–H and O–H groups in total. The van der Waals surface area contributed by atoms with Gasteiger partial charge in [-0.2, -0.15) is 0 Å². The quantitative estimate of drug-likeness (QED) is 0.876. The number of aliphatic hydroxyl groups is 1. The highest BCUT2D eigenvalue weighted by Crippen LogP contribution is 2.38. The molecular formula is C15H21NOS. The standard InChI is InChI=1S/C15H21NOS/c17-14-6-3-4-11(14)8-16-9-12-10-18-15-7-2-1-5-13(12)15/h1-2,5,7,11-12,14,16-17H,3-4,6,8-10H2. The summed E-state index contributed by atoms with van der Waals surface area (Å²) >= 11 is 1.97. The molecule has 0 radical (unpaired) electrons. The van der Waals surface area contributed by atoms with Crippen LogP contribution in [0.15, 0.2) is 29.2 Å². The van der Waals surface area contributed by atoms with E-state index in [0.29, 0.717) is 11.8 Å². The lowest BCUT2D eigenvalue weighted by Gasteiger charge is -2.17. The van der Waals surface area contributed by atoms with Gasteiger partial charge < -0.3 is 10.4 Å². The van der Waals surface area contributed by atoms with Crippen molar-refractivity contribution in [3.63, 3.8) is 0 Å². The fourth-order valence-electron chi connectivity index (χ4n) is 3.10. The zero-order valence-corrected chi connectivity index (χ0v) is 11.5. The number of thioether (sulfide) groups is 1. The van der Waals surface area contributed by atoms with Gasteiger partial charge in [0.15, 0.2) is 0 Å². The molecule has 2 nitrogen and oxygen atoms in total. The molecule has 18 heavy (non-hydrogen) atoms. The monoisotopic (exact) mass is 263 g/mol. The van der Waals surface area contributed by atoms with Crippen LogP contribution in [0, 0.1) is 5.92 Å². The zero-order chi connectivity index (χ0) is 12.4. The van der Waals surface area contributed by atoms with E-state index in [-0.39, 0.29) is 6.10 Å². The van der Waals surface area contributed by atoms with Gasteiger partial charge in [0.1, 0.15) is 0 Å². The van der Waals surface area contributed by atoms with Gasteiger partial charge in [0, 0.05) is 29.7 Å². The number of hydrogen-bond donors (Lipinski definition) is 2. The molecule has 1 aromatic rings. The SMILES string of the molecule is OC1CCCC1CNCC1CSc2ccccc21. The van der Waals surface area contributed by atoms with Gasteiger partial charge in [-0.25, -0.2) is 0 Å². The minimum Gasteiger partial charge on any atom is -0.393 e. The first-order chi connectivity index (χ1) is 8.84. The molecule has 3 heteroatoms. The molecule has 3 atom stereocenters. The number of nitrogens with one attached hydrogen (secondary N) is 1. The number of hydrogen-bond acceptors (Lipinski definition) is 3. The molecule has 0 bridgehead atoms. The maximum atomic E-state index is 9.79. The number of rotatable bonds is 4. The molecule has 3 unspecified atom stereocenters. The van der Waals surface area contributed by atoms with Crippen molar-refractivity contribution in [2.75, 3.05) is 18.8 Å². The van der Waals surface area contributed by atoms with Crippen molar-refractivity contribution in [1.29, 1.82) is 0 Å². The summed E-state index contributed by atoms with van der Waals surface area (Å²) in [6.07, 6.45) is 3.30. The fraction of sp³-hybridized carbons (Fsp3) is 0.600. The van der Waals surface area contributed by atoms with E-state index in [1.54, 1.807) is 0 Å². The lowest BCUT2D eigenvalue weighted by atomic mass is 10.0. The molecule has 0 amide bonds. The lowest BCUT2D eigenvalue weighted by Crippen LogP contribution is -2.30. The Bertz CT molecular complexity index is 409. The van der Waals surface area contributed by atoms with E-state index in [0.717, 1.165) is 19.5 Å². The van der Waals surface area contributed by atoms with Gasteiger partial charge in [0.25, 0.3) is 0 Å². The summed E-state index contributed by atoms with van der Waals surface area (Å²) in [5, 5.41) is 13.4. The van der Waals surface area contributed by atoms with E-state index in [9.17, 15) is 5.11 Å². The molecule has 1 heterocycles. The van der Waals surface area contributed by atoms with Crippen molar-refractivity contribution in [2.45, 2.75) is 36.2 Å². The van der Waals surface area contributed by atoms with Gasteiger partial charge in [0.05, 0.1) is 6.10 Å². The Hall–Kier alpha value is -0.510. The number of aliphatic hydroxyl groups excluding tert-OH is 1. The van der Waals surface area contributed by atoms with E-state index in [1.165, 1.54) is 29.1 Å². The van der Waals surface area contributed by atoms with Crippen LogP contribution in [0.2, 0.25) is 0 Å². The van der Waals surface area contributed by atoms with Crippen LogP contribution in [0.1, 0.15) is 30.7 Å². The van der Waals surface area contributed by atoms with Crippen LogP contribution in [0.4, 0.5) is 0 Å². The van der Waals surface area contributed by atoms with Crippen LogP contribution in [-0.2, 0) is 0 Å². The van der Waals surface area contributed by atoms with Crippen LogP contribution in [0.25, 0.3) is 0 Å². The smallest absolute Gasteiger partial charge is 0.0580 e. The second-order valence-electron chi connectivity index (χ2n) is 5.46. The predicted molar refractivity (Wildman–Crippen MR) is 76.1 cm³/mol. The van der Waals surface area contributed by atoms with E-state index in [2.05, 4.69) is 29.6 Å². The second-order valence-corrected chi connectivity index (χ2v) is 6.52. The average molecular weight is 263 g/mol. The van der Waals surface area contributed by atoms with Gasteiger partial charge in [-0.15, -0.1) is 11.8 Å². The fourth-order valence-corrected chi connectivity index (χ4v) is 4.35. The van der Waals surface area contributed by atoms with Crippen molar-refractivity contribution in [3.05, 3.63) is 29.8 Å². The largest absolute Gasteiger partial charge is 0.393 e.